The summed E-state index contributed by atoms with van der Waals surface area (Å²) in [6.07, 6.45) is 1.14. The number of aliphatic hydroxyl groups excluding tert-OH is 1. The summed E-state index contributed by atoms with van der Waals surface area (Å²) in [7, 11) is -3.48. The summed E-state index contributed by atoms with van der Waals surface area (Å²) in [6, 6.07) is 3.37. The molecule has 0 spiro atoms. The van der Waals surface area contributed by atoms with Gasteiger partial charge in [0.15, 0.2) is 21.3 Å². The average Bonchev–Trinajstić information content (AvgIpc) is 2.36. The fraction of sp³-hybridized carbons (Fsp3) is 0.538. The third-order valence-electron chi connectivity index (χ3n) is 3.16. The Morgan fingerprint density at radius 1 is 1.26 bits per heavy atom. The Bertz CT molecular complexity index is 589. The molecule has 6 heteroatoms. The van der Waals surface area contributed by atoms with Gasteiger partial charge in [-0.3, -0.25) is 0 Å². The summed E-state index contributed by atoms with van der Waals surface area (Å²) in [6.45, 7) is 4.13. The first-order chi connectivity index (χ1) is 8.77. The van der Waals surface area contributed by atoms with E-state index in [-0.39, 0.29) is 17.3 Å². The molecule has 106 valence electrons. The molecule has 0 aliphatic carbocycles. The molecular formula is C13H18O5S. The van der Waals surface area contributed by atoms with E-state index in [1.807, 2.05) is 0 Å². The Labute approximate surface area is 113 Å². The van der Waals surface area contributed by atoms with Crippen molar-refractivity contribution in [1.82, 2.24) is 0 Å². The Kier molecular flexibility index (Phi) is 3.49. The maximum atomic E-state index is 12.1. The van der Waals surface area contributed by atoms with Gasteiger partial charge in [-0.25, -0.2) is 8.42 Å². The second kappa shape index (κ2) is 4.68. The minimum atomic E-state index is -3.48. The standard InChI is InChI=1S/C13H18O5S/c1-13(2,8-14)9-4-5-10-11(18-7-6-17-10)12(9)19(3,15)16/h4-5,14H,6-8H2,1-3H3. The average molecular weight is 286 g/mol. The molecule has 1 N–H and O–H groups in total. The zero-order valence-corrected chi connectivity index (χ0v) is 12.1. The van der Waals surface area contributed by atoms with Crippen LogP contribution >= 0.6 is 0 Å². The first-order valence-corrected chi connectivity index (χ1v) is 7.90. The lowest BCUT2D eigenvalue weighted by atomic mass is 9.85. The molecule has 1 aliphatic rings. The van der Waals surface area contributed by atoms with Crippen LogP contribution in [-0.4, -0.2) is 39.6 Å². The number of aliphatic hydroxyl groups is 1. The monoisotopic (exact) mass is 286 g/mol. The number of hydrogen-bond donors (Lipinski definition) is 1. The fourth-order valence-electron chi connectivity index (χ4n) is 2.08. The van der Waals surface area contributed by atoms with Crippen LogP contribution in [0.4, 0.5) is 0 Å². The summed E-state index contributed by atoms with van der Waals surface area (Å²) in [5, 5.41) is 9.47. The largest absolute Gasteiger partial charge is 0.486 e. The second-order valence-electron chi connectivity index (χ2n) is 5.28. The molecule has 2 rings (SSSR count). The minimum absolute atomic E-state index is 0.115. The van der Waals surface area contributed by atoms with Crippen molar-refractivity contribution >= 4 is 9.84 Å². The maximum Gasteiger partial charge on any atom is 0.180 e. The van der Waals surface area contributed by atoms with Crippen molar-refractivity contribution in [2.24, 2.45) is 0 Å². The van der Waals surface area contributed by atoms with Gasteiger partial charge in [-0.05, 0) is 11.6 Å². The summed E-state index contributed by atoms with van der Waals surface area (Å²) in [4.78, 5) is 0.115. The van der Waals surface area contributed by atoms with Gasteiger partial charge in [-0.15, -0.1) is 0 Å². The first-order valence-electron chi connectivity index (χ1n) is 6.01. The van der Waals surface area contributed by atoms with E-state index in [1.54, 1.807) is 26.0 Å². The molecule has 1 aromatic rings. The van der Waals surface area contributed by atoms with Gasteiger partial charge in [0, 0.05) is 11.7 Å². The molecule has 1 heterocycles. The van der Waals surface area contributed by atoms with Gasteiger partial charge in [0.2, 0.25) is 0 Å². The minimum Gasteiger partial charge on any atom is -0.486 e. The lowest BCUT2D eigenvalue weighted by Crippen LogP contribution is -2.27. The Balaban J connectivity index is 2.76. The molecule has 0 bridgehead atoms. The van der Waals surface area contributed by atoms with Crippen molar-refractivity contribution < 1.29 is 23.0 Å². The molecule has 0 saturated heterocycles. The fourth-order valence-corrected chi connectivity index (χ4v) is 3.32. The number of benzene rings is 1. The topological polar surface area (TPSA) is 72.8 Å². The molecule has 1 aliphatic heterocycles. The van der Waals surface area contributed by atoms with Crippen molar-refractivity contribution in [3.8, 4) is 11.5 Å². The van der Waals surface area contributed by atoms with Crippen LogP contribution in [0.1, 0.15) is 19.4 Å². The number of ether oxygens (including phenoxy) is 2. The van der Waals surface area contributed by atoms with Crippen molar-refractivity contribution in [1.29, 1.82) is 0 Å². The molecule has 5 nitrogen and oxygen atoms in total. The molecule has 0 radical (unpaired) electrons. The van der Waals surface area contributed by atoms with E-state index in [0.717, 1.165) is 6.26 Å². The molecule has 1 aromatic carbocycles. The molecular weight excluding hydrogens is 268 g/mol. The summed E-state index contributed by atoms with van der Waals surface area (Å²) in [5.41, 5.74) is -0.129. The van der Waals surface area contributed by atoms with E-state index in [9.17, 15) is 13.5 Å². The zero-order valence-electron chi connectivity index (χ0n) is 11.3. The van der Waals surface area contributed by atoms with Crippen molar-refractivity contribution in [3.05, 3.63) is 17.7 Å². The highest BCUT2D eigenvalue weighted by Crippen LogP contribution is 2.42. The van der Waals surface area contributed by atoms with Crippen LogP contribution in [0.15, 0.2) is 17.0 Å². The zero-order chi connectivity index (χ0) is 14.3. The third kappa shape index (κ3) is 2.55. The van der Waals surface area contributed by atoms with Crippen LogP contribution in [0, 0.1) is 0 Å². The Hall–Kier alpha value is -1.27. The highest BCUT2D eigenvalue weighted by atomic mass is 32.2. The van der Waals surface area contributed by atoms with Crippen LogP contribution in [0.5, 0.6) is 11.5 Å². The molecule has 0 amide bonds. The van der Waals surface area contributed by atoms with E-state index >= 15 is 0 Å². The van der Waals surface area contributed by atoms with Crippen LogP contribution in [0.2, 0.25) is 0 Å². The van der Waals surface area contributed by atoms with Crippen molar-refractivity contribution in [2.45, 2.75) is 24.2 Å². The summed E-state index contributed by atoms with van der Waals surface area (Å²) < 4.78 is 35.0. The second-order valence-corrected chi connectivity index (χ2v) is 7.23. The number of rotatable bonds is 3. The van der Waals surface area contributed by atoms with E-state index in [1.165, 1.54) is 0 Å². The van der Waals surface area contributed by atoms with Gasteiger partial charge in [-0.1, -0.05) is 19.9 Å². The molecule has 0 fully saturated rings. The lowest BCUT2D eigenvalue weighted by molar-refractivity contribution is 0.164. The molecule has 0 atom stereocenters. The molecule has 0 unspecified atom stereocenters. The highest BCUT2D eigenvalue weighted by Gasteiger charge is 2.32. The van der Waals surface area contributed by atoms with Gasteiger partial charge in [0.25, 0.3) is 0 Å². The smallest absolute Gasteiger partial charge is 0.180 e. The molecule has 19 heavy (non-hydrogen) atoms. The van der Waals surface area contributed by atoms with Crippen LogP contribution in [-0.2, 0) is 15.3 Å². The molecule has 0 saturated carbocycles. The Morgan fingerprint density at radius 2 is 1.89 bits per heavy atom. The van der Waals surface area contributed by atoms with E-state index in [0.29, 0.717) is 24.5 Å². The van der Waals surface area contributed by atoms with Gasteiger partial charge >= 0.3 is 0 Å². The normalized spacial score (nSPS) is 15.4. The van der Waals surface area contributed by atoms with Gasteiger partial charge in [0.1, 0.15) is 18.1 Å². The SMILES string of the molecule is CC(C)(CO)c1ccc2c(c1S(C)(=O)=O)OCCO2. The van der Waals surface area contributed by atoms with Crippen LogP contribution in [0.3, 0.4) is 0 Å². The summed E-state index contributed by atoms with van der Waals surface area (Å²) in [5.74, 6) is 0.692. The number of sulfone groups is 1. The van der Waals surface area contributed by atoms with Gasteiger partial charge in [0.05, 0.1) is 6.61 Å². The number of fused-ring (bicyclic) bond motifs is 1. The van der Waals surface area contributed by atoms with E-state index in [4.69, 9.17) is 9.47 Å². The van der Waals surface area contributed by atoms with E-state index in [2.05, 4.69) is 0 Å². The summed E-state index contributed by atoms with van der Waals surface area (Å²) >= 11 is 0. The molecule has 0 aromatic heterocycles. The quantitative estimate of drug-likeness (QED) is 0.902. The van der Waals surface area contributed by atoms with Crippen molar-refractivity contribution in [2.75, 3.05) is 26.1 Å². The first kappa shape index (κ1) is 14.1. The maximum absolute atomic E-state index is 12.1. The predicted molar refractivity (Wildman–Crippen MR) is 70.7 cm³/mol. The predicted octanol–water partition coefficient (Wildman–Crippen LogP) is 1.13. The van der Waals surface area contributed by atoms with Gasteiger partial charge < -0.3 is 14.6 Å². The number of hydrogen-bond acceptors (Lipinski definition) is 5. The van der Waals surface area contributed by atoms with Crippen molar-refractivity contribution in [3.63, 3.8) is 0 Å². The lowest BCUT2D eigenvalue weighted by Gasteiger charge is -2.28. The van der Waals surface area contributed by atoms with Crippen LogP contribution in [0.25, 0.3) is 0 Å². The van der Waals surface area contributed by atoms with Gasteiger partial charge in [-0.2, -0.15) is 0 Å². The van der Waals surface area contributed by atoms with E-state index < -0.39 is 15.3 Å². The Morgan fingerprint density at radius 3 is 2.47 bits per heavy atom. The highest BCUT2D eigenvalue weighted by molar-refractivity contribution is 7.90. The van der Waals surface area contributed by atoms with Crippen LogP contribution < -0.4 is 9.47 Å². The third-order valence-corrected chi connectivity index (χ3v) is 4.31.